The summed E-state index contributed by atoms with van der Waals surface area (Å²) in [7, 11) is 2.70. The maximum Gasteiger partial charge on any atom is 0.337 e. The van der Waals surface area contributed by atoms with Gasteiger partial charge in [0, 0.05) is 6.21 Å². The molecule has 0 saturated heterocycles. The zero-order chi connectivity index (χ0) is 16.7. The van der Waals surface area contributed by atoms with Crippen molar-refractivity contribution in [1.82, 2.24) is 0 Å². The molecular weight excluding hydrogens is 294 g/mol. The third kappa shape index (κ3) is 4.51. The van der Waals surface area contributed by atoms with Gasteiger partial charge < -0.3 is 9.47 Å². The van der Waals surface area contributed by atoms with E-state index in [0.717, 1.165) is 11.1 Å². The van der Waals surface area contributed by atoms with E-state index < -0.39 is 0 Å². The maximum atomic E-state index is 11.3. The van der Waals surface area contributed by atoms with Crippen LogP contribution in [-0.2, 0) is 16.0 Å². The summed E-state index contributed by atoms with van der Waals surface area (Å²) >= 11 is 0. The monoisotopic (exact) mass is 311 g/mol. The van der Waals surface area contributed by atoms with Crippen molar-refractivity contribution in [2.24, 2.45) is 4.99 Å². The third-order valence-corrected chi connectivity index (χ3v) is 3.22. The molecular formula is C18H17NO4. The number of carbonyl (C=O) groups is 2. The summed E-state index contributed by atoms with van der Waals surface area (Å²) in [5, 5.41) is 0. The van der Waals surface area contributed by atoms with E-state index in [1.165, 1.54) is 14.2 Å². The Morgan fingerprint density at radius 1 is 0.870 bits per heavy atom. The van der Waals surface area contributed by atoms with Crippen molar-refractivity contribution in [3.8, 4) is 0 Å². The lowest BCUT2D eigenvalue weighted by Gasteiger charge is -2.01. The lowest BCUT2D eigenvalue weighted by atomic mass is 10.1. The Bertz CT molecular complexity index is 703. The fourth-order valence-corrected chi connectivity index (χ4v) is 1.94. The Hall–Kier alpha value is -2.95. The molecule has 2 aromatic rings. The quantitative estimate of drug-likeness (QED) is 0.629. The van der Waals surface area contributed by atoms with E-state index in [4.69, 9.17) is 0 Å². The smallest absolute Gasteiger partial charge is 0.337 e. The van der Waals surface area contributed by atoms with Crippen LogP contribution in [0.4, 0.5) is 0 Å². The van der Waals surface area contributed by atoms with Crippen molar-refractivity contribution in [1.29, 1.82) is 0 Å². The molecule has 118 valence electrons. The van der Waals surface area contributed by atoms with Crippen molar-refractivity contribution < 1.29 is 19.1 Å². The zero-order valence-electron chi connectivity index (χ0n) is 13.0. The first-order valence-electron chi connectivity index (χ1n) is 6.99. The highest BCUT2D eigenvalue weighted by Gasteiger charge is 2.04. The van der Waals surface area contributed by atoms with Crippen LogP contribution in [0.3, 0.4) is 0 Å². The molecule has 0 spiro atoms. The highest BCUT2D eigenvalue weighted by atomic mass is 16.5. The van der Waals surface area contributed by atoms with E-state index in [1.54, 1.807) is 42.6 Å². The largest absolute Gasteiger partial charge is 0.465 e. The van der Waals surface area contributed by atoms with Gasteiger partial charge in [-0.2, -0.15) is 0 Å². The van der Waals surface area contributed by atoms with Gasteiger partial charge >= 0.3 is 11.9 Å². The van der Waals surface area contributed by atoms with E-state index in [1.807, 2.05) is 12.1 Å². The molecule has 0 N–H and O–H groups in total. The summed E-state index contributed by atoms with van der Waals surface area (Å²) in [6.07, 6.45) is 1.73. The molecule has 2 rings (SSSR count). The molecule has 5 heteroatoms. The average molecular weight is 311 g/mol. The molecule has 2 aromatic carbocycles. The molecule has 0 atom stereocenters. The van der Waals surface area contributed by atoms with Gasteiger partial charge in [0.1, 0.15) is 0 Å². The number of esters is 2. The van der Waals surface area contributed by atoms with Crippen LogP contribution in [0.1, 0.15) is 31.8 Å². The van der Waals surface area contributed by atoms with Gasteiger partial charge in [-0.15, -0.1) is 0 Å². The van der Waals surface area contributed by atoms with Gasteiger partial charge in [0.25, 0.3) is 0 Å². The van der Waals surface area contributed by atoms with E-state index in [0.29, 0.717) is 17.7 Å². The van der Waals surface area contributed by atoms with Gasteiger partial charge in [0.15, 0.2) is 0 Å². The van der Waals surface area contributed by atoms with Gasteiger partial charge in [-0.3, -0.25) is 4.99 Å². The van der Waals surface area contributed by atoms with Crippen LogP contribution in [0, 0.1) is 0 Å². The van der Waals surface area contributed by atoms with Crippen molar-refractivity contribution in [2.75, 3.05) is 14.2 Å². The molecule has 0 amide bonds. The Morgan fingerprint density at radius 3 is 1.83 bits per heavy atom. The average Bonchev–Trinajstić information content (AvgIpc) is 2.61. The number of hydrogen-bond acceptors (Lipinski definition) is 5. The molecule has 23 heavy (non-hydrogen) atoms. The van der Waals surface area contributed by atoms with Crippen molar-refractivity contribution >= 4 is 18.2 Å². The summed E-state index contributed by atoms with van der Waals surface area (Å²) in [6.45, 7) is 0.500. The summed E-state index contributed by atoms with van der Waals surface area (Å²) in [5.74, 6) is -0.718. The third-order valence-electron chi connectivity index (χ3n) is 3.22. The number of rotatable bonds is 5. The number of hydrogen-bond donors (Lipinski definition) is 0. The van der Waals surface area contributed by atoms with Crippen LogP contribution >= 0.6 is 0 Å². The van der Waals surface area contributed by atoms with Gasteiger partial charge in [-0.25, -0.2) is 9.59 Å². The minimum Gasteiger partial charge on any atom is -0.465 e. The second-order valence-corrected chi connectivity index (χ2v) is 4.77. The van der Waals surface area contributed by atoms with Crippen LogP contribution in [0.25, 0.3) is 0 Å². The number of carbonyl (C=O) groups excluding carboxylic acids is 2. The summed E-state index contributed by atoms with van der Waals surface area (Å²) in [5.41, 5.74) is 2.89. The second-order valence-electron chi connectivity index (χ2n) is 4.77. The highest BCUT2D eigenvalue weighted by molar-refractivity contribution is 5.90. The molecule has 0 aromatic heterocycles. The minimum absolute atomic E-state index is 0.356. The van der Waals surface area contributed by atoms with Crippen LogP contribution in [-0.4, -0.2) is 32.4 Å². The molecule has 0 heterocycles. The summed E-state index contributed by atoms with van der Waals surface area (Å²) in [6, 6.07) is 14.1. The van der Waals surface area contributed by atoms with Crippen LogP contribution in [0.2, 0.25) is 0 Å². The van der Waals surface area contributed by atoms with Crippen LogP contribution in [0.15, 0.2) is 53.5 Å². The molecule has 0 aliphatic heterocycles. The van der Waals surface area contributed by atoms with Crippen molar-refractivity contribution in [3.63, 3.8) is 0 Å². The number of aliphatic imine (C=N–C) groups is 1. The van der Waals surface area contributed by atoms with E-state index in [-0.39, 0.29) is 11.9 Å². The van der Waals surface area contributed by atoms with Crippen molar-refractivity contribution in [2.45, 2.75) is 6.54 Å². The van der Waals surface area contributed by atoms with Crippen molar-refractivity contribution in [3.05, 3.63) is 70.8 Å². The fourth-order valence-electron chi connectivity index (χ4n) is 1.94. The van der Waals surface area contributed by atoms with Gasteiger partial charge in [-0.05, 0) is 35.4 Å². The number of methoxy groups -OCH3 is 2. The normalized spacial score (nSPS) is 10.5. The molecule has 0 saturated carbocycles. The topological polar surface area (TPSA) is 65.0 Å². The standard InChI is InChI=1S/C18H17NO4/c1-22-17(20)15-7-3-13(4-8-15)11-19-12-14-5-9-16(10-6-14)18(21)23-2/h3-11H,12H2,1-2H3/b19-11-. The Labute approximate surface area is 134 Å². The van der Waals surface area contributed by atoms with Gasteiger partial charge in [0.05, 0.1) is 31.9 Å². The highest BCUT2D eigenvalue weighted by Crippen LogP contribution is 2.08. The predicted octanol–water partition coefficient (Wildman–Crippen LogP) is 2.88. The van der Waals surface area contributed by atoms with Crippen LogP contribution < -0.4 is 0 Å². The lowest BCUT2D eigenvalue weighted by molar-refractivity contribution is 0.0592. The number of ether oxygens (including phenoxy) is 2. The molecule has 0 aliphatic rings. The SMILES string of the molecule is COC(=O)c1ccc(/C=N\Cc2ccc(C(=O)OC)cc2)cc1. The van der Waals surface area contributed by atoms with Gasteiger partial charge in [0.2, 0.25) is 0 Å². The van der Waals surface area contributed by atoms with E-state index in [9.17, 15) is 9.59 Å². The maximum absolute atomic E-state index is 11.3. The molecule has 5 nitrogen and oxygen atoms in total. The number of benzene rings is 2. The van der Waals surface area contributed by atoms with Gasteiger partial charge in [-0.1, -0.05) is 24.3 Å². The summed E-state index contributed by atoms with van der Waals surface area (Å²) in [4.78, 5) is 27.0. The molecule has 0 unspecified atom stereocenters. The zero-order valence-corrected chi connectivity index (χ0v) is 13.0. The van der Waals surface area contributed by atoms with E-state index >= 15 is 0 Å². The minimum atomic E-state index is -0.362. The Kier molecular flexibility index (Phi) is 5.63. The Morgan fingerprint density at radius 2 is 1.35 bits per heavy atom. The van der Waals surface area contributed by atoms with Crippen LogP contribution in [0.5, 0.6) is 0 Å². The molecule has 0 fully saturated rings. The molecule has 0 aliphatic carbocycles. The summed E-state index contributed by atoms with van der Waals surface area (Å²) < 4.78 is 9.29. The first-order chi connectivity index (χ1) is 11.1. The first kappa shape index (κ1) is 16.4. The predicted molar refractivity (Wildman–Crippen MR) is 86.9 cm³/mol. The molecule has 0 radical (unpaired) electrons. The number of nitrogens with zero attached hydrogens (tertiary/aromatic N) is 1. The first-order valence-corrected chi connectivity index (χ1v) is 6.99. The fraction of sp³-hybridized carbons (Fsp3) is 0.167. The Balaban J connectivity index is 1.96. The second kappa shape index (κ2) is 7.89. The lowest BCUT2D eigenvalue weighted by Crippen LogP contribution is -2.01. The van der Waals surface area contributed by atoms with E-state index in [2.05, 4.69) is 14.5 Å². The molecule has 0 bridgehead atoms.